The molecule has 2 heterocycles. The number of aromatic nitrogens is 2. The van der Waals surface area contributed by atoms with Crippen LogP contribution in [0.15, 0.2) is 54.7 Å². The second kappa shape index (κ2) is 6.99. The summed E-state index contributed by atoms with van der Waals surface area (Å²) in [7, 11) is 0. The van der Waals surface area contributed by atoms with Crippen LogP contribution in [0.25, 0.3) is 33.1 Å². The van der Waals surface area contributed by atoms with Gasteiger partial charge in [-0.3, -0.25) is 4.98 Å². The molecule has 0 unspecified atom stereocenters. The van der Waals surface area contributed by atoms with Crippen LogP contribution in [0.4, 0.5) is 0 Å². The number of aryl methyl sites for hydroxylation is 1. The number of fused-ring (bicyclic) bond motifs is 2. The van der Waals surface area contributed by atoms with Gasteiger partial charge in [0, 0.05) is 28.0 Å². The summed E-state index contributed by atoms with van der Waals surface area (Å²) in [6.07, 6.45) is 4.76. The number of hydrogen-bond donors (Lipinski definition) is 2. The van der Waals surface area contributed by atoms with Crippen LogP contribution in [0.5, 0.6) is 0 Å². The van der Waals surface area contributed by atoms with Gasteiger partial charge in [0.05, 0.1) is 22.8 Å². The van der Waals surface area contributed by atoms with Gasteiger partial charge in [-0.1, -0.05) is 18.2 Å². The zero-order valence-electron chi connectivity index (χ0n) is 14.5. The maximum atomic E-state index is 9.28. The fraction of sp³-hybridized carbons (Fsp3) is 0.182. The lowest BCUT2D eigenvalue weighted by Gasteiger charge is -2.08. The second-order valence-corrected chi connectivity index (χ2v) is 6.47. The minimum atomic E-state index is 0.683. The minimum Gasteiger partial charge on any atom is -0.354 e. The predicted molar refractivity (Wildman–Crippen MR) is 106 cm³/mol. The number of unbranched alkanes of at least 4 members (excludes halogenated alkanes) is 1. The number of aromatic amines is 1. The highest BCUT2D eigenvalue weighted by Crippen LogP contribution is 2.35. The third-order valence-corrected chi connectivity index (χ3v) is 4.83. The first-order valence-electron chi connectivity index (χ1n) is 8.90. The molecule has 0 amide bonds. The summed E-state index contributed by atoms with van der Waals surface area (Å²) < 4.78 is 0. The number of nitrogens with one attached hydrogen (secondary N) is 1. The molecule has 0 aliphatic rings. The highest BCUT2D eigenvalue weighted by molar-refractivity contribution is 5.99. The van der Waals surface area contributed by atoms with Gasteiger partial charge in [-0.25, -0.2) is 0 Å². The number of nitrogens with two attached hydrogens (primary N) is 1. The normalized spacial score (nSPS) is 11.1. The van der Waals surface area contributed by atoms with E-state index in [9.17, 15) is 5.26 Å². The Morgan fingerprint density at radius 1 is 1.04 bits per heavy atom. The fourth-order valence-corrected chi connectivity index (χ4v) is 3.57. The average molecular weight is 340 g/mol. The SMILES string of the molecule is N#Cc1ccc2[nH]c(-c3cccc4ncccc34)c(CCCCN)c2c1. The Morgan fingerprint density at radius 3 is 2.81 bits per heavy atom. The number of pyridine rings is 1. The lowest BCUT2D eigenvalue weighted by atomic mass is 9.97. The molecule has 128 valence electrons. The molecule has 0 radical (unpaired) electrons. The van der Waals surface area contributed by atoms with Crippen molar-refractivity contribution in [2.24, 2.45) is 5.73 Å². The molecule has 0 fully saturated rings. The standard InChI is InChI=1S/C22H20N4/c23-11-2-1-5-18-19-13-15(14-24)9-10-21(19)26-22(18)17-6-3-8-20-16(17)7-4-12-25-20/h3-4,6-10,12-13,26H,1-2,5,11,23H2. The number of H-pyrrole nitrogens is 1. The molecular formula is C22H20N4. The zero-order valence-corrected chi connectivity index (χ0v) is 14.5. The Kier molecular flexibility index (Phi) is 4.39. The largest absolute Gasteiger partial charge is 0.354 e. The van der Waals surface area contributed by atoms with Crippen LogP contribution in [0.3, 0.4) is 0 Å². The molecule has 0 saturated heterocycles. The van der Waals surface area contributed by atoms with Crippen LogP contribution in [0.1, 0.15) is 24.0 Å². The van der Waals surface area contributed by atoms with Crippen molar-refractivity contribution in [3.8, 4) is 17.3 Å². The molecule has 0 atom stereocenters. The predicted octanol–water partition coefficient (Wildman–Crippen LogP) is 4.54. The Hall–Kier alpha value is -3.16. The molecule has 3 N–H and O–H groups in total. The average Bonchev–Trinajstić information content (AvgIpc) is 3.05. The molecule has 0 aliphatic carbocycles. The maximum absolute atomic E-state index is 9.28. The van der Waals surface area contributed by atoms with E-state index in [4.69, 9.17) is 5.73 Å². The van der Waals surface area contributed by atoms with Gasteiger partial charge in [0.1, 0.15) is 0 Å². The van der Waals surface area contributed by atoms with Crippen molar-refractivity contribution in [1.29, 1.82) is 5.26 Å². The van der Waals surface area contributed by atoms with Crippen LogP contribution in [0, 0.1) is 11.3 Å². The zero-order chi connectivity index (χ0) is 17.9. The number of nitriles is 1. The lowest BCUT2D eigenvalue weighted by Crippen LogP contribution is -1.99. The third kappa shape index (κ3) is 2.83. The maximum Gasteiger partial charge on any atom is 0.0991 e. The van der Waals surface area contributed by atoms with Gasteiger partial charge in [-0.2, -0.15) is 5.26 Å². The second-order valence-electron chi connectivity index (χ2n) is 6.47. The summed E-state index contributed by atoms with van der Waals surface area (Å²) in [6.45, 7) is 0.694. The van der Waals surface area contributed by atoms with Crippen molar-refractivity contribution in [1.82, 2.24) is 9.97 Å². The van der Waals surface area contributed by atoms with E-state index in [1.807, 2.05) is 42.6 Å². The van der Waals surface area contributed by atoms with E-state index in [2.05, 4.69) is 28.2 Å². The van der Waals surface area contributed by atoms with E-state index in [1.54, 1.807) is 0 Å². The van der Waals surface area contributed by atoms with Crippen molar-refractivity contribution < 1.29 is 0 Å². The Bertz CT molecular complexity index is 1110. The van der Waals surface area contributed by atoms with Crippen LogP contribution < -0.4 is 5.73 Å². The van der Waals surface area contributed by atoms with Gasteiger partial charge in [-0.05, 0) is 61.7 Å². The summed E-state index contributed by atoms with van der Waals surface area (Å²) in [5.41, 5.74) is 11.9. The summed E-state index contributed by atoms with van der Waals surface area (Å²) in [4.78, 5) is 8.06. The van der Waals surface area contributed by atoms with Gasteiger partial charge in [0.15, 0.2) is 0 Å². The summed E-state index contributed by atoms with van der Waals surface area (Å²) in [5, 5.41) is 11.5. The van der Waals surface area contributed by atoms with Crippen molar-refractivity contribution in [2.45, 2.75) is 19.3 Å². The van der Waals surface area contributed by atoms with Crippen LogP contribution in [-0.2, 0) is 6.42 Å². The fourth-order valence-electron chi connectivity index (χ4n) is 3.57. The quantitative estimate of drug-likeness (QED) is 0.524. The van der Waals surface area contributed by atoms with Gasteiger partial charge < -0.3 is 10.7 Å². The van der Waals surface area contributed by atoms with Gasteiger partial charge >= 0.3 is 0 Å². The van der Waals surface area contributed by atoms with Gasteiger partial charge in [-0.15, -0.1) is 0 Å². The molecule has 2 aromatic carbocycles. The summed E-state index contributed by atoms with van der Waals surface area (Å²) in [5.74, 6) is 0. The highest BCUT2D eigenvalue weighted by Gasteiger charge is 2.15. The topological polar surface area (TPSA) is 78.5 Å². The smallest absolute Gasteiger partial charge is 0.0991 e. The van der Waals surface area contributed by atoms with Crippen molar-refractivity contribution >= 4 is 21.8 Å². The molecule has 0 saturated carbocycles. The Morgan fingerprint density at radius 2 is 1.96 bits per heavy atom. The lowest BCUT2D eigenvalue weighted by molar-refractivity contribution is 0.748. The molecule has 0 spiro atoms. The van der Waals surface area contributed by atoms with E-state index in [1.165, 1.54) is 5.56 Å². The Balaban J connectivity index is 1.95. The van der Waals surface area contributed by atoms with Crippen LogP contribution in [-0.4, -0.2) is 16.5 Å². The van der Waals surface area contributed by atoms with Crippen molar-refractivity contribution in [2.75, 3.05) is 6.54 Å². The van der Waals surface area contributed by atoms with Crippen LogP contribution in [0.2, 0.25) is 0 Å². The summed E-state index contributed by atoms with van der Waals surface area (Å²) in [6, 6.07) is 18.4. The van der Waals surface area contributed by atoms with E-state index in [-0.39, 0.29) is 0 Å². The first-order valence-corrected chi connectivity index (χ1v) is 8.90. The summed E-state index contributed by atoms with van der Waals surface area (Å²) >= 11 is 0. The Labute approximate surface area is 152 Å². The van der Waals surface area contributed by atoms with E-state index >= 15 is 0 Å². The molecule has 4 nitrogen and oxygen atoms in total. The molecule has 4 aromatic rings. The molecule has 0 bridgehead atoms. The van der Waals surface area contributed by atoms with Crippen molar-refractivity contribution in [3.63, 3.8) is 0 Å². The number of nitrogens with zero attached hydrogens (tertiary/aromatic N) is 2. The van der Waals surface area contributed by atoms with E-state index in [0.29, 0.717) is 12.1 Å². The first kappa shape index (κ1) is 16.3. The number of benzene rings is 2. The monoisotopic (exact) mass is 340 g/mol. The van der Waals surface area contributed by atoms with Gasteiger partial charge in [0.2, 0.25) is 0 Å². The highest BCUT2D eigenvalue weighted by atomic mass is 14.7. The molecule has 4 rings (SSSR count). The molecular weight excluding hydrogens is 320 g/mol. The number of rotatable bonds is 5. The van der Waals surface area contributed by atoms with E-state index in [0.717, 1.165) is 52.3 Å². The third-order valence-electron chi connectivity index (χ3n) is 4.83. The number of hydrogen-bond acceptors (Lipinski definition) is 3. The molecule has 4 heteroatoms. The van der Waals surface area contributed by atoms with Gasteiger partial charge in [0.25, 0.3) is 0 Å². The minimum absolute atomic E-state index is 0.683. The first-order chi connectivity index (χ1) is 12.8. The molecule has 0 aliphatic heterocycles. The molecule has 26 heavy (non-hydrogen) atoms. The van der Waals surface area contributed by atoms with Crippen molar-refractivity contribution in [3.05, 3.63) is 65.9 Å². The van der Waals surface area contributed by atoms with Crippen LogP contribution >= 0.6 is 0 Å². The molecule has 2 aromatic heterocycles. The van der Waals surface area contributed by atoms with E-state index < -0.39 is 0 Å².